The van der Waals surface area contributed by atoms with Gasteiger partial charge in [-0.15, -0.1) is 0 Å². The molecule has 0 aliphatic heterocycles. The SMILES string of the molecule is C.C.C.C.CC.[N-]=C=O.[N-]=C=O. The largest absolute Gasteiger partial charge is 0.724 e. The Hall–Kier alpha value is -1.24. The maximum absolute atomic E-state index is 8.24. The van der Waals surface area contributed by atoms with Gasteiger partial charge in [-0.1, -0.05) is 43.6 Å². The van der Waals surface area contributed by atoms with Crippen LogP contribution >= 0.6 is 0 Å². The van der Waals surface area contributed by atoms with Gasteiger partial charge in [0.1, 0.15) is 0 Å². The Balaban J connectivity index is -0.00000000544. The third-order valence-corrected chi connectivity index (χ3v) is 0. The molecular formula is C8H22N2O2-2. The van der Waals surface area contributed by atoms with Crippen LogP contribution in [0.2, 0.25) is 0 Å². The highest BCUT2D eigenvalue weighted by Gasteiger charge is 0.932. The Bertz CT molecular complexity index is 69.1. The zero-order valence-corrected chi connectivity index (χ0v) is 4.71. The molecule has 0 spiro atoms. The van der Waals surface area contributed by atoms with Gasteiger partial charge in [0.05, 0.1) is 0 Å². The van der Waals surface area contributed by atoms with E-state index < -0.39 is 0 Å². The van der Waals surface area contributed by atoms with Crippen molar-refractivity contribution in [3.05, 3.63) is 10.8 Å². The van der Waals surface area contributed by atoms with Crippen LogP contribution in [0, 0.1) is 0 Å². The minimum atomic E-state index is 0. The van der Waals surface area contributed by atoms with Gasteiger partial charge in [0.2, 0.25) is 0 Å². The molecule has 78 valence electrons. The van der Waals surface area contributed by atoms with Gasteiger partial charge >= 0.3 is 0 Å². The van der Waals surface area contributed by atoms with E-state index in [4.69, 9.17) is 20.4 Å². The van der Waals surface area contributed by atoms with Crippen molar-refractivity contribution in [3.8, 4) is 0 Å². The van der Waals surface area contributed by atoms with E-state index in [1.165, 1.54) is 0 Å². The summed E-state index contributed by atoms with van der Waals surface area (Å²) in [5, 5.41) is 13.5. The molecule has 0 radical (unpaired) electrons. The molecule has 0 aromatic heterocycles. The lowest BCUT2D eigenvalue weighted by molar-refractivity contribution is 0.568. The Kier molecular flexibility index (Phi) is 7830. The summed E-state index contributed by atoms with van der Waals surface area (Å²) in [6, 6.07) is 0. The maximum atomic E-state index is 8.24. The molecule has 0 saturated carbocycles. The lowest BCUT2D eigenvalue weighted by atomic mass is 11.0. The van der Waals surface area contributed by atoms with E-state index in [1.807, 2.05) is 13.8 Å². The molecule has 0 saturated heterocycles. The van der Waals surface area contributed by atoms with Crippen molar-refractivity contribution in [2.75, 3.05) is 0 Å². The van der Waals surface area contributed by atoms with Crippen LogP contribution in [0.1, 0.15) is 43.6 Å². The van der Waals surface area contributed by atoms with E-state index in [1.54, 1.807) is 0 Å². The fraction of sp³-hybridized carbons (Fsp3) is 0.750. The second-order valence-electron chi connectivity index (χ2n) is 0.183. The van der Waals surface area contributed by atoms with E-state index in [-0.39, 0.29) is 29.7 Å². The van der Waals surface area contributed by atoms with Gasteiger partial charge in [0.25, 0.3) is 0 Å². The summed E-state index contributed by atoms with van der Waals surface area (Å²) in [6.07, 6.45) is 1.00. The van der Waals surface area contributed by atoms with Crippen molar-refractivity contribution in [1.82, 2.24) is 0 Å². The van der Waals surface area contributed by atoms with Crippen LogP contribution < -0.4 is 0 Å². The zero-order chi connectivity index (χ0) is 7.41. The third kappa shape index (κ3) is 343. The Morgan fingerprint density at radius 1 is 0.750 bits per heavy atom. The molecule has 0 unspecified atom stereocenters. The van der Waals surface area contributed by atoms with E-state index in [0.29, 0.717) is 12.2 Å². The molecule has 0 aromatic carbocycles. The molecule has 0 aliphatic carbocycles. The number of hydrogen-bond donors (Lipinski definition) is 0. The lowest BCUT2D eigenvalue weighted by Gasteiger charge is -1.32. The molecule has 12 heavy (non-hydrogen) atoms. The summed E-state index contributed by atoms with van der Waals surface area (Å²) >= 11 is 0. The van der Waals surface area contributed by atoms with Gasteiger partial charge in [0, 0.05) is 0 Å². The second kappa shape index (κ2) is 1300. The number of carbonyl (C=O) groups excluding carboxylic acids is 2. The number of isocyanates is 2. The summed E-state index contributed by atoms with van der Waals surface area (Å²) in [4.78, 5) is 16.5. The summed E-state index contributed by atoms with van der Waals surface area (Å²) in [5.41, 5.74) is 0. The van der Waals surface area contributed by atoms with Crippen molar-refractivity contribution < 1.29 is 9.59 Å². The highest BCUT2D eigenvalue weighted by molar-refractivity contribution is 5.37. The average molecular weight is 178 g/mol. The minimum Gasteiger partial charge on any atom is -0.724 e. The van der Waals surface area contributed by atoms with Crippen LogP contribution in [0.4, 0.5) is 0 Å². The predicted molar refractivity (Wildman–Crippen MR) is 56.4 cm³/mol. The quantitative estimate of drug-likeness (QED) is 0.421. The van der Waals surface area contributed by atoms with Gasteiger partial charge in [0.15, 0.2) is 0 Å². The van der Waals surface area contributed by atoms with Gasteiger partial charge in [-0.25, -0.2) is 0 Å². The zero-order valence-electron chi connectivity index (χ0n) is 4.71. The van der Waals surface area contributed by atoms with Gasteiger partial charge in [-0.05, 0) is 12.2 Å². The molecule has 0 amide bonds. The molecule has 0 N–H and O–H groups in total. The Morgan fingerprint density at radius 3 is 0.750 bits per heavy atom. The summed E-state index contributed by atoms with van der Waals surface area (Å²) in [6.45, 7) is 4.00. The Labute approximate surface area is 77.0 Å². The van der Waals surface area contributed by atoms with Crippen molar-refractivity contribution in [2.45, 2.75) is 43.6 Å². The molecule has 0 rings (SSSR count). The fourth-order valence-corrected chi connectivity index (χ4v) is 0. The minimum absolute atomic E-state index is 0. The van der Waals surface area contributed by atoms with Crippen LogP contribution in [-0.2, 0) is 9.59 Å². The highest BCUT2D eigenvalue weighted by atomic mass is 16.1. The first-order chi connectivity index (χ1) is 3.83. The monoisotopic (exact) mass is 178 g/mol. The molecule has 0 aromatic rings. The molecule has 4 nitrogen and oxygen atoms in total. The highest BCUT2D eigenvalue weighted by Crippen LogP contribution is 1.14. The van der Waals surface area contributed by atoms with Crippen LogP contribution in [-0.4, -0.2) is 12.2 Å². The standard InChI is InChI=1S/C2H6.2CNO.4CH4/c1-2;2*2-1-3;;;;/h1-2H3;;;4*1H4/q;2*-1;;;;. The molecule has 4 heteroatoms. The number of nitrogens with zero attached hydrogens (tertiary/aromatic N) is 2. The van der Waals surface area contributed by atoms with Gasteiger partial charge in [-0.3, -0.25) is 9.59 Å². The second-order valence-corrected chi connectivity index (χ2v) is 0.183. The van der Waals surface area contributed by atoms with Crippen molar-refractivity contribution in [1.29, 1.82) is 0 Å². The average Bonchev–Trinajstić information content (AvgIpc) is 1.75. The number of hydrogen-bond acceptors (Lipinski definition) is 2. The van der Waals surface area contributed by atoms with E-state index in [2.05, 4.69) is 0 Å². The topological polar surface area (TPSA) is 78.7 Å². The smallest absolute Gasteiger partial charge is 0.0159 e. The summed E-state index contributed by atoms with van der Waals surface area (Å²) in [7, 11) is 0. The van der Waals surface area contributed by atoms with Gasteiger partial charge < -0.3 is 10.8 Å². The molecule has 0 bridgehead atoms. The first-order valence-corrected chi connectivity index (χ1v) is 1.86. The number of rotatable bonds is 0. The van der Waals surface area contributed by atoms with E-state index in [9.17, 15) is 0 Å². The third-order valence-electron chi connectivity index (χ3n) is 0. The van der Waals surface area contributed by atoms with Crippen LogP contribution in [0.5, 0.6) is 0 Å². The lowest BCUT2D eigenvalue weighted by Crippen LogP contribution is -1.13. The van der Waals surface area contributed by atoms with Crippen molar-refractivity contribution in [2.24, 2.45) is 0 Å². The van der Waals surface area contributed by atoms with Gasteiger partial charge in [-0.2, -0.15) is 0 Å². The molecule has 0 aliphatic rings. The normalized spacial score (nSPS) is 1.83. The summed E-state index contributed by atoms with van der Waals surface area (Å²) < 4.78 is 0. The molecule has 0 atom stereocenters. The van der Waals surface area contributed by atoms with E-state index in [0.717, 1.165) is 0 Å². The van der Waals surface area contributed by atoms with Crippen LogP contribution in [0.25, 0.3) is 10.8 Å². The van der Waals surface area contributed by atoms with E-state index >= 15 is 0 Å². The predicted octanol–water partition coefficient (Wildman–Crippen LogP) is 3.35. The van der Waals surface area contributed by atoms with Crippen LogP contribution in [0.15, 0.2) is 0 Å². The van der Waals surface area contributed by atoms with Crippen LogP contribution in [0.3, 0.4) is 0 Å². The fourth-order valence-electron chi connectivity index (χ4n) is 0. The molecular weight excluding hydrogens is 156 g/mol. The summed E-state index contributed by atoms with van der Waals surface area (Å²) in [5.74, 6) is 0. The molecule has 0 fully saturated rings. The Morgan fingerprint density at radius 2 is 0.750 bits per heavy atom. The first kappa shape index (κ1) is 72.5. The maximum Gasteiger partial charge on any atom is -0.0159 e. The van der Waals surface area contributed by atoms with Crippen molar-refractivity contribution in [3.63, 3.8) is 0 Å². The van der Waals surface area contributed by atoms with Crippen molar-refractivity contribution >= 4 is 12.2 Å². The first-order valence-electron chi connectivity index (χ1n) is 1.86. The molecule has 0 heterocycles.